The van der Waals surface area contributed by atoms with Gasteiger partial charge in [-0.3, -0.25) is 0 Å². The molecule has 0 atom stereocenters. The van der Waals surface area contributed by atoms with Crippen LogP contribution in [0, 0.1) is 0 Å². The molecule has 248 valence electrons. The van der Waals surface area contributed by atoms with Crippen molar-refractivity contribution in [2.24, 2.45) is 0 Å². The SMILES string of the molecule is c1ccc(-c2ccc(-c3ccccc3-c3c4ccccc4c(-c4ccccc4-c4ccc(-c5ccccc5)cc4)c4c3[nH]c3cccc[n+]34)cc2)cc1. The topological polar surface area (TPSA) is 19.9 Å². The third-order valence-electron chi connectivity index (χ3n) is 10.5. The summed E-state index contributed by atoms with van der Waals surface area (Å²) in [5.41, 5.74) is 17.8. The standard InChI is InChI=1S/C51H34N2/c1-3-15-35(16-4-1)37-26-30-39(31-27-37)41-19-7-9-21-43(41)48-45-23-11-12-24-46(45)49(51-50(48)52-47-25-13-14-34-53(47)51)44-22-10-8-20-42(44)40-32-28-38(29-33-40)36-17-5-2-6-18-36/h1-34H/p+1. The number of rotatable bonds is 6. The van der Waals surface area contributed by atoms with Crippen LogP contribution in [0.25, 0.3) is 94.2 Å². The Morgan fingerprint density at radius 1 is 0.302 bits per heavy atom. The molecular formula is C51H35N2+. The zero-order valence-electron chi connectivity index (χ0n) is 29.1. The Morgan fingerprint density at radius 2 is 0.698 bits per heavy atom. The molecule has 10 aromatic rings. The summed E-state index contributed by atoms with van der Waals surface area (Å²) >= 11 is 0. The van der Waals surface area contributed by atoms with E-state index in [4.69, 9.17) is 0 Å². The van der Waals surface area contributed by atoms with Crippen molar-refractivity contribution < 1.29 is 4.40 Å². The molecule has 53 heavy (non-hydrogen) atoms. The van der Waals surface area contributed by atoms with Gasteiger partial charge in [0.1, 0.15) is 0 Å². The summed E-state index contributed by atoms with van der Waals surface area (Å²) < 4.78 is 2.33. The predicted octanol–water partition coefficient (Wildman–Crippen LogP) is 13.1. The van der Waals surface area contributed by atoms with Gasteiger partial charge in [0, 0.05) is 17.2 Å². The van der Waals surface area contributed by atoms with E-state index in [2.05, 4.69) is 216 Å². The highest BCUT2D eigenvalue weighted by Gasteiger charge is 2.27. The maximum atomic E-state index is 3.90. The van der Waals surface area contributed by atoms with Crippen LogP contribution in [0.3, 0.4) is 0 Å². The minimum Gasteiger partial charge on any atom is -0.236 e. The maximum absolute atomic E-state index is 3.90. The van der Waals surface area contributed by atoms with E-state index in [0.29, 0.717) is 0 Å². The Bertz CT molecular complexity index is 2900. The van der Waals surface area contributed by atoms with Crippen LogP contribution in [0.4, 0.5) is 0 Å². The second-order valence-corrected chi connectivity index (χ2v) is 13.6. The van der Waals surface area contributed by atoms with Gasteiger partial charge in [-0.2, -0.15) is 4.40 Å². The Morgan fingerprint density at radius 3 is 1.25 bits per heavy atom. The number of nitrogens with zero attached hydrogens (tertiary/aromatic N) is 1. The number of nitrogens with one attached hydrogen (secondary N) is 1. The molecule has 2 heterocycles. The second kappa shape index (κ2) is 12.9. The minimum absolute atomic E-state index is 1.05. The monoisotopic (exact) mass is 675 g/mol. The van der Waals surface area contributed by atoms with Crippen LogP contribution in [0.2, 0.25) is 0 Å². The molecule has 8 aromatic carbocycles. The first-order valence-electron chi connectivity index (χ1n) is 18.2. The first-order valence-corrected chi connectivity index (χ1v) is 18.2. The van der Waals surface area contributed by atoms with Gasteiger partial charge in [-0.15, -0.1) is 0 Å². The van der Waals surface area contributed by atoms with Crippen molar-refractivity contribution in [1.29, 1.82) is 0 Å². The number of fused-ring (bicyclic) bond motifs is 4. The van der Waals surface area contributed by atoms with Crippen LogP contribution < -0.4 is 4.40 Å². The quantitative estimate of drug-likeness (QED) is 0.169. The molecule has 0 aliphatic heterocycles. The molecule has 0 bridgehead atoms. The zero-order valence-corrected chi connectivity index (χ0v) is 29.1. The Hall–Kier alpha value is -7.03. The first-order chi connectivity index (χ1) is 26.3. The lowest BCUT2D eigenvalue weighted by Crippen LogP contribution is -2.19. The molecule has 0 fully saturated rings. The highest BCUT2D eigenvalue weighted by atomic mass is 15.0. The van der Waals surface area contributed by atoms with Gasteiger partial charge in [0.25, 0.3) is 5.65 Å². The predicted molar refractivity (Wildman–Crippen MR) is 222 cm³/mol. The Kier molecular flexibility index (Phi) is 7.51. The maximum Gasteiger partial charge on any atom is 0.284 e. The molecule has 1 N–H and O–H groups in total. The molecule has 0 aliphatic carbocycles. The molecule has 0 spiro atoms. The van der Waals surface area contributed by atoms with Gasteiger partial charge in [-0.1, -0.05) is 188 Å². The van der Waals surface area contributed by atoms with Crippen molar-refractivity contribution in [2.75, 3.05) is 0 Å². The lowest BCUT2D eigenvalue weighted by atomic mass is 9.85. The molecule has 10 rings (SSSR count). The van der Waals surface area contributed by atoms with Gasteiger partial charge in [-0.05, 0) is 72.5 Å². The van der Waals surface area contributed by atoms with Gasteiger partial charge in [0.05, 0.1) is 6.20 Å². The van der Waals surface area contributed by atoms with Crippen LogP contribution in [0.1, 0.15) is 0 Å². The number of hydrogen-bond acceptors (Lipinski definition) is 0. The van der Waals surface area contributed by atoms with E-state index in [-0.39, 0.29) is 0 Å². The lowest BCUT2D eigenvalue weighted by Gasteiger charge is -2.17. The fraction of sp³-hybridized carbons (Fsp3) is 0. The molecule has 0 saturated heterocycles. The van der Waals surface area contributed by atoms with Crippen molar-refractivity contribution in [3.05, 3.63) is 206 Å². The largest absolute Gasteiger partial charge is 0.284 e. The van der Waals surface area contributed by atoms with Gasteiger partial charge in [0.2, 0.25) is 0 Å². The normalized spacial score (nSPS) is 11.4. The molecule has 0 amide bonds. The van der Waals surface area contributed by atoms with E-state index in [1.54, 1.807) is 0 Å². The average Bonchev–Trinajstić information content (AvgIpc) is 3.62. The zero-order chi connectivity index (χ0) is 35.1. The highest BCUT2D eigenvalue weighted by Crippen LogP contribution is 2.47. The number of pyridine rings is 1. The average molecular weight is 676 g/mol. The summed E-state index contributed by atoms with van der Waals surface area (Å²) in [7, 11) is 0. The molecule has 0 aliphatic rings. The Labute approximate surface area is 308 Å². The molecule has 0 radical (unpaired) electrons. The summed E-state index contributed by atoms with van der Waals surface area (Å²) in [5, 5.41) is 2.43. The molecule has 0 unspecified atom stereocenters. The highest BCUT2D eigenvalue weighted by molar-refractivity contribution is 6.21. The summed E-state index contributed by atoms with van der Waals surface area (Å²) in [5.74, 6) is 0. The van der Waals surface area contributed by atoms with E-state index in [9.17, 15) is 0 Å². The third kappa shape index (κ3) is 5.32. The minimum atomic E-state index is 1.05. The van der Waals surface area contributed by atoms with Crippen molar-refractivity contribution in [2.45, 2.75) is 0 Å². The summed E-state index contributed by atoms with van der Waals surface area (Å²) in [6.45, 7) is 0. The van der Waals surface area contributed by atoms with Crippen molar-refractivity contribution in [1.82, 2.24) is 4.98 Å². The van der Waals surface area contributed by atoms with Gasteiger partial charge in [-0.25, -0.2) is 4.98 Å². The number of hydrogen-bond donors (Lipinski definition) is 1. The Balaban J connectivity index is 1.22. The van der Waals surface area contributed by atoms with Crippen LogP contribution >= 0.6 is 0 Å². The van der Waals surface area contributed by atoms with Crippen molar-refractivity contribution in [3.8, 4) is 66.8 Å². The summed E-state index contributed by atoms with van der Waals surface area (Å²) in [6.07, 6.45) is 2.18. The van der Waals surface area contributed by atoms with E-state index in [1.807, 2.05) is 0 Å². The van der Waals surface area contributed by atoms with Crippen LogP contribution in [0.5, 0.6) is 0 Å². The third-order valence-corrected chi connectivity index (χ3v) is 10.5. The first kappa shape index (κ1) is 30.8. The van der Waals surface area contributed by atoms with E-state index in [1.165, 1.54) is 77.5 Å². The molecule has 2 aromatic heterocycles. The smallest absolute Gasteiger partial charge is 0.236 e. The van der Waals surface area contributed by atoms with E-state index < -0.39 is 0 Å². The number of benzene rings is 8. The van der Waals surface area contributed by atoms with Crippen LogP contribution in [0.15, 0.2) is 206 Å². The summed E-state index contributed by atoms with van der Waals surface area (Å²) in [4.78, 5) is 3.90. The number of aromatic amines is 1. The second-order valence-electron chi connectivity index (χ2n) is 13.6. The fourth-order valence-corrected chi connectivity index (χ4v) is 8.06. The molecule has 2 heteroatoms. The number of imidazole rings is 1. The van der Waals surface area contributed by atoms with Crippen molar-refractivity contribution >= 4 is 27.5 Å². The molecular weight excluding hydrogens is 641 g/mol. The molecule has 2 nitrogen and oxygen atoms in total. The fourth-order valence-electron chi connectivity index (χ4n) is 8.06. The number of aromatic nitrogens is 2. The van der Waals surface area contributed by atoms with Gasteiger partial charge < -0.3 is 0 Å². The lowest BCUT2D eigenvalue weighted by molar-refractivity contribution is -0.480. The van der Waals surface area contributed by atoms with Crippen molar-refractivity contribution in [3.63, 3.8) is 0 Å². The summed E-state index contributed by atoms with van der Waals surface area (Å²) in [6, 6.07) is 72.2. The van der Waals surface area contributed by atoms with Crippen LogP contribution in [-0.2, 0) is 0 Å². The van der Waals surface area contributed by atoms with Gasteiger partial charge >= 0.3 is 0 Å². The van der Waals surface area contributed by atoms with Gasteiger partial charge in [0.15, 0.2) is 11.0 Å². The van der Waals surface area contributed by atoms with E-state index >= 15 is 0 Å². The number of H-pyrrole nitrogens is 1. The van der Waals surface area contributed by atoms with Crippen LogP contribution in [-0.4, -0.2) is 4.98 Å². The molecule has 0 saturated carbocycles. The van der Waals surface area contributed by atoms with E-state index in [0.717, 1.165) is 16.7 Å².